The number of rotatable bonds is 5. The second-order valence-corrected chi connectivity index (χ2v) is 6.71. The van der Waals surface area contributed by atoms with Crippen LogP contribution in [0.2, 0.25) is 0 Å². The summed E-state index contributed by atoms with van der Waals surface area (Å²) in [6.45, 7) is 2.48. The number of hydrogen-bond donors (Lipinski definition) is 2. The minimum atomic E-state index is 0. The van der Waals surface area contributed by atoms with Crippen LogP contribution in [0.4, 0.5) is 0 Å². The van der Waals surface area contributed by atoms with Crippen LogP contribution in [0.5, 0.6) is 0 Å². The van der Waals surface area contributed by atoms with Crippen molar-refractivity contribution in [3.8, 4) is 0 Å². The van der Waals surface area contributed by atoms with Gasteiger partial charge < -0.3 is 10.6 Å². The highest BCUT2D eigenvalue weighted by molar-refractivity contribution is 8.01. The lowest BCUT2D eigenvalue weighted by atomic mass is 10.0. The van der Waals surface area contributed by atoms with Crippen molar-refractivity contribution in [2.24, 2.45) is 5.92 Å². The fourth-order valence-corrected chi connectivity index (χ4v) is 3.30. The van der Waals surface area contributed by atoms with Gasteiger partial charge >= 0.3 is 0 Å². The number of carbonyl (C=O) groups excluding carboxylic acids is 1. The molecule has 2 aliphatic rings. The second-order valence-electron chi connectivity index (χ2n) is 5.17. The zero-order valence-corrected chi connectivity index (χ0v) is 12.4. The molecular weight excluding hydrogens is 280 g/mol. The monoisotopic (exact) mass is 298 g/mol. The quantitative estimate of drug-likeness (QED) is 0.874. The Balaban J connectivity index is 0.00000133. The summed E-state index contributed by atoms with van der Waals surface area (Å²) in [7, 11) is 0. The first kappa shape index (κ1) is 14.7. The summed E-state index contributed by atoms with van der Waals surface area (Å²) >= 11 is 1.91. The molecule has 0 spiro atoms. The molecule has 1 aromatic rings. The van der Waals surface area contributed by atoms with Gasteiger partial charge in [-0.2, -0.15) is 0 Å². The summed E-state index contributed by atoms with van der Waals surface area (Å²) in [5.41, 5.74) is 0. The van der Waals surface area contributed by atoms with Crippen LogP contribution >= 0.6 is 24.2 Å². The van der Waals surface area contributed by atoms with Crippen LogP contribution in [0, 0.1) is 5.92 Å². The van der Waals surface area contributed by atoms with E-state index in [0.29, 0.717) is 0 Å². The Morgan fingerprint density at radius 2 is 2.00 bits per heavy atom. The predicted molar refractivity (Wildman–Crippen MR) is 80.9 cm³/mol. The zero-order valence-electron chi connectivity index (χ0n) is 10.7. The molecule has 2 fully saturated rings. The Kier molecular flexibility index (Phi) is 4.76. The molecule has 1 amide bonds. The van der Waals surface area contributed by atoms with Gasteiger partial charge in [-0.05, 0) is 25.0 Å². The van der Waals surface area contributed by atoms with Crippen molar-refractivity contribution in [3.63, 3.8) is 0 Å². The SMILES string of the molecule is Cl.O=C(NCC1(Sc2ccccc2)CC1)C1CNC1. The van der Waals surface area contributed by atoms with E-state index in [1.165, 1.54) is 17.7 Å². The van der Waals surface area contributed by atoms with Gasteiger partial charge in [-0.3, -0.25) is 4.79 Å². The second kappa shape index (κ2) is 6.16. The van der Waals surface area contributed by atoms with Gasteiger partial charge in [-0.15, -0.1) is 24.2 Å². The Bertz CT molecular complexity index is 432. The summed E-state index contributed by atoms with van der Waals surface area (Å²) in [4.78, 5) is 13.1. The average Bonchev–Trinajstić information content (AvgIpc) is 3.06. The highest BCUT2D eigenvalue weighted by Gasteiger charge is 2.44. The molecule has 0 unspecified atom stereocenters. The van der Waals surface area contributed by atoms with E-state index in [0.717, 1.165) is 19.6 Å². The minimum Gasteiger partial charge on any atom is -0.354 e. The van der Waals surface area contributed by atoms with E-state index in [-0.39, 0.29) is 29.0 Å². The predicted octanol–water partition coefficient (Wildman–Crippen LogP) is 2.07. The molecule has 2 N–H and O–H groups in total. The van der Waals surface area contributed by atoms with E-state index in [1.807, 2.05) is 17.8 Å². The zero-order chi connectivity index (χ0) is 12.4. The van der Waals surface area contributed by atoms with Crippen LogP contribution in [-0.4, -0.2) is 30.3 Å². The first-order chi connectivity index (χ1) is 8.77. The third-order valence-electron chi connectivity index (χ3n) is 3.62. The summed E-state index contributed by atoms with van der Waals surface area (Å²) in [5.74, 6) is 0.413. The molecule has 3 nitrogen and oxygen atoms in total. The van der Waals surface area contributed by atoms with E-state index in [1.54, 1.807) is 0 Å². The maximum absolute atomic E-state index is 11.8. The molecule has 1 aliphatic carbocycles. The molecular formula is C14H19ClN2OS. The van der Waals surface area contributed by atoms with Crippen LogP contribution in [-0.2, 0) is 4.79 Å². The summed E-state index contributed by atoms with van der Waals surface area (Å²) in [6, 6.07) is 10.5. The van der Waals surface area contributed by atoms with Gasteiger partial charge in [-0.25, -0.2) is 0 Å². The molecule has 0 aromatic heterocycles. The Hall–Kier alpha value is -0.710. The lowest BCUT2D eigenvalue weighted by Gasteiger charge is -2.27. The maximum atomic E-state index is 11.8. The van der Waals surface area contributed by atoms with Gasteiger partial charge in [0.2, 0.25) is 5.91 Å². The number of thioether (sulfide) groups is 1. The van der Waals surface area contributed by atoms with Crippen LogP contribution in [0.1, 0.15) is 12.8 Å². The van der Waals surface area contributed by atoms with Crippen molar-refractivity contribution in [3.05, 3.63) is 30.3 Å². The normalized spacial score (nSPS) is 20.0. The summed E-state index contributed by atoms with van der Waals surface area (Å²) in [6.07, 6.45) is 2.41. The third-order valence-corrected chi connectivity index (χ3v) is 5.12. The van der Waals surface area contributed by atoms with E-state index < -0.39 is 0 Å². The van der Waals surface area contributed by atoms with Crippen molar-refractivity contribution in [2.75, 3.05) is 19.6 Å². The first-order valence-electron chi connectivity index (χ1n) is 6.50. The highest BCUT2D eigenvalue weighted by atomic mass is 35.5. The number of carbonyl (C=O) groups is 1. The number of hydrogen-bond acceptors (Lipinski definition) is 3. The smallest absolute Gasteiger partial charge is 0.225 e. The van der Waals surface area contributed by atoms with Crippen molar-refractivity contribution >= 4 is 30.1 Å². The number of nitrogens with one attached hydrogen (secondary N) is 2. The summed E-state index contributed by atoms with van der Waals surface area (Å²) in [5, 5.41) is 6.24. The van der Waals surface area contributed by atoms with Crippen LogP contribution in [0.3, 0.4) is 0 Å². The van der Waals surface area contributed by atoms with E-state index in [9.17, 15) is 4.79 Å². The van der Waals surface area contributed by atoms with Gasteiger partial charge in [-0.1, -0.05) is 18.2 Å². The third kappa shape index (κ3) is 3.65. The molecule has 1 saturated heterocycles. The molecule has 104 valence electrons. The first-order valence-corrected chi connectivity index (χ1v) is 7.32. The van der Waals surface area contributed by atoms with Gasteiger partial charge in [0, 0.05) is 29.3 Å². The molecule has 0 atom stereocenters. The van der Waals surface area contributed by atoms with Gasteiger partial charge in [0.1, 0.15) is 0 Å². The molecule has 3 rings (SSSR count). The molecule has 5 heteroatoms. The van der Waals surface area contributed by atoms with Crippen LogP contribution in [0.15, 0.2) is 35.2 Å². The Labute approximate surface area is 124 Å². The molecule has 1 saturated carbocycles. The fraction of sp³-hybridized carbons (Fsp3) is 0.500. The molecule has 1 aromatic carbocycles. The van der Waals surface area contributed by atoms with Crippen molar-refractivity contribution in [1.82, 2.24) is 10.6 Å². The lowest BCUT2D eigenvalue weighted by molar-refractivity contribution is -0.126. The van der Waals surface area contributed by atoms with Gasteiger partial charge in [0.25, 0.3) is 0 Å². The standard InChI is InChI=1S/C14H18N2OS.ClH/c17-13(11-8-15-9-11)16-10-14(6-7-14)18-12-4-2-1-3-5-12;/h1-5,11,15H,6-10H2,(H,16,17);1H. The largest absolute Gasteiger partial charge is 0.354 e. The number of benzene rings is 1. The highest BCUT2D eigenvalue weighted by Crippen LogP contribution is 2.51. The van der Waals surface area contributed by atoms with Crippen molar-refractivity contribution in [1.29, 1.82) is 0 Å². The van der Waals surface area contributed by atoms with Crippen LogP contribution < -0.4 is 10.6 Å². The molecule has 0 bridgehead atoms. The number of amides is 1. The average molecular weight is 299 g/mol. The molecule has 19 heavy (non-hydrogen) atoms. The van der Waals surface area contributed by atoms with E-state index >= 15 is 0 Å². The fourth-order valence-electron chi connectivity index (χ4n) is 2.06. The van der Waals surface area contributed by atoms with Crippen molar-refractivity contribution < 1.29 is 4.79 Å². The molecule has 0 radical (unpaired) electrons. The topological polar surface area (TPSA) is 41.1 Å². The summed E-state index contributed by atoms with van der Waals surface area (Å²) < 4.78 is 0.258. The Morgan fingerprint density at radius 3 is 2.53 bits per heavy atom. The van der Waals surface area contributed by atoms with E-state index in [4.69, 9.17) is 0 Å². The maximum Gasteiger partial charge on any atom is 0.225 e. The Morgan fingerprint density at radius 1 is 1.32 bits per heavy atom. The molecule has 1 heterocycles. The van der Waals surface area contributed by atoms with Crippen molar-refractivity contribution in [2.45, 2.75) is 22.5 Å². The minimum absolute atomic E-state index is 0. The lowest BCUT2D eigenvalue weighted by Crippen LogP contribution is -2.51. The molecule has 1 aliphatic heterocycles. The number of halogens is 1. The van der Waals surface area contributed by atoms with Gasteiger partial charge in [0.15, 0.2) is 0 Å². The van der Waals surface area contributed by atoms with Gasteiger partial charge in [0.05, 0.1) is 5.92 Å². The van der Waals surface area contributed by atoms with Crippen LogP contribution in [0.25, 0.3) is 0 Å². The van der Waals surface area contributed by atoms with E-state index in [2.05, 4.69) is 34.9 Å².